The highest BCUT2D eigenvalue weighted by molar-refractivity contribution is 6.00. The number of carbonyl (C=O) groups excluding carboxylic acids is 2. The molecule has 0 bridgehead atoms. The van der Waals surface area contributed by atoms with E-state index in [1.807, 2.05) is 0 Å². The van der Waals surface area contributed by atoms with E-state index in [9.17, 15) is 14.0 Å². The molecule has 0 radical (unpaired) electrons. The minimum Gasteiger partial charge on any atom is -0.326 e. The Bertz CT molecular complexity index is 767. The summed E-state index contributed by atoms with van der Waals surface area (Å²) in [5.41, 5.74) is 1.49. The van der Waals surface area contributed by atoms with Crippen molar-refractivity contribution in [1.82, 2.24) is 0 Å². The Morgan fingerprint density at radius 1 is 1.00 bits per heavy atom. The third-order valence-electron chi connectivity index (χ3n) is 4.48. The first-order chi connectivity index (χ1) is 11.5. The van der Waals surface area contributed by atoms with Gasteiger partial charge >= 0.3 is 0 Å². The van der Waals surface area contributed by atoms with Crippen molar-refractivity contribution in [3.63, 3.8) is 0 Å². The van der Waals surface area contributed by atoms with Crippen molar-refractivity contribution in [2.45, 2.75) is 31.6 Å². The highest BCUT2D eigenvalue weighted by atomic mass is 19.1. The van der Waals surface area contributed by atoms with Gasteiger partial charge in [-0.25, -0.2) is 4.39 Å². The van der Waals surface area contributed by atoms with Crippen molar-refractivity contribution in [3.05, 3.63) is 59.9 Å². The molecule has 2 N–H and O–H groups in total. The van der Waals surface area contributed by atoms with Crippen LogP contribution >= 0.6 is 0 Å². The molecule has 0 spiro atoms. The summed E-state index contributed by atoms with van der Waals surface area (Å²) in [6.07, 6.45) is 2.46. The van der Waals surface area contributed by atoms with Gasteiger partial charge in [0.05, 0.1) is 5.41 Å². The third kappa shape index (κ3) is 3.15. The predicted octanol–water partition coefficient (Wildman–Crippen LogP) is 3.84. The number of amides is 2. The highest BCUT2D eigenvalue weighted by Crippen LogP contribution is 2.44. The van der Waals surface area contributed by atoms with Gasteiger partial charge in [0, 0.05) is 18.3 Å². The number of halogens is 1. The van der Waals surface area contributed by atoms with E-state index in [1.54, 1.807) is 36.4 Å². The minimum absolute atomic E-state index is 0.0969. The molecule has 0 heterocycles. The summed E-state index contributed by atoms with van der Waals surface area (Å²) in [4.78, 5) is 24.0. The summed E-state index contributed by atoms with van der Waals surface area (Å²) in [7, 11) is 0. The first-order valence-electron chi connectivity index (χ1n) is 7.95. The number of rotatable bonds is 4. The van der Waals surface area contributed by atoms with Crippen molar-refractivity contribution in [1.29, 1.82) is 0 Å². The monoisotopic (exact) mass is 326 g/mol. The normalized spacial score (nSPS) is 15.2. The van der Waals surface area contributed by atoms with Crippen LogP contribution in [0.5, 0.6) is 0 Å². The number of carbonyl (C=O) groups is 2. The van der Waals surface area contributed by atoms with Gasteiger partial charge in [0.25, 0.3) is 0 Å². The summed E-state index contributed by atoms with van der Waals surface area (Å²) in [6.45, 7) is 1.43. The van der Waals surface area contributed by atoms with Gasteiger partial charge in [-0.1, -0.05) is 24.6 Å². The van der Waals surface area contributed by atoms with Crippen LogP contribution in [0, 0.1) is 5.82 Å². The second-order valence-corrected chi connectivity index (χ2v) is 6.16. The lowest BCUT2D eigenvalue weighted by Crippen LogP contribution is -2.46. The fourth-order valence-corrected chi connectivity index (χ4v) is 3.07. The number of hydrogen-bond acceptors (Lipinski definition) is 2. The molecule has 24 heavy (non-hydrogen) atoms. The predicted molar refractivity (Wildman–Crippen MR) is 91.3 cm³/mol. The lowest BCUT2D eigenvalue weighted by atomic mass is 9.64. The van der Waals surface area contributed by atoms with Crippen molar-refractivity contribution >= 4 is 23.2 Å². The summed E-state index contributed by atoms with van der Waals surface area (Å²) in [5.74, 6) is -0.572. The molecule has 0 aromatic heterocycles. The van der Waals surface area contributed by atoms with E-state index >= 15 is 0 Å². The number of nitrogens with one attached hydrogen (secondary N) is 2. The average Bonchev–Trinajstić information content (AvgIpc) is 2.47. The van der Waals surface area contributed by atoms with E-state index in [4.69, 9.17) is 0 Å². The lowest BCUT2D eigenvalue weighted by molar-refractivity contribution is -0.124. The first-order valence-corrected chi connectivity index (χ1v) is 7.95. The van der Waals surface area contributed by atoms with Crippen molar-refractivity contribution < 1.29 is 14.0 Å². The molecule has 5 heteroatoms. The zero-order valence-corrected chi connectivity index (χ0v) is 13.4. The van der Waals surface area contributed by atoms with E-state index in [-0.39, 0.29) is 17.6 Å². The second-order valence-electron chi connectivity index (χ2n) is 6.16. The maximum Gasteiger partial charge on any atom is 0.235 e. The van der Waals surface area contributed by atoms with Gasteiger partial charge in [-0.2, -0.15) is 0 Å². The Labute approximate surface area is 140 Å². The van der Waals surface area contributed by atoms with Crippen LogP contribution in [0.2, 0.25) is 0 Å². The van der Waals surface area contributed by atoms with Crippen LogP contribution in [0.3, 0.4) is 0 Å². The summed E-state index contributed by atoms with van der Waals surface area (Å²) >= 11 is 0. The standard InChI is InChI=1S/C19H19FN2O2/c1-13(23)21-16-4-2-5-17(12-16)22-18(24)19(10-3-11-19)14-6-8-15(20)9-7-14/h2,4-9,12H,3,10-11H2,1H3,(H,21,23)(H,22,24). The Hall–Kier alpha value is -2.69. The number of anilines is 2. The zero-order chi connectivity index (χ0) is 17.2. The van der Waals surface area contributed by atoms with Crippen molar-refractivity contribution in [2.75, 3.05) is 10.6 Å². The molecule has 2 amide bonds. The largest absolute Gasteiger partial charge is 0.326 e. The maximum atomic E-state index is 13.2. The van der Waals surface area contributed by atoms with Crippen LogP contribution in [-0.4, -0.2) is 11.8 Å². The van der Waals surface area contributed by atoms with E-state index in [1.165, 1.54) is 19.1 Å². The highest BCUT2D eigenvalue weighted by Gasteiger charge is 2.45. The topological polar surface area (TPSA) is 58.2 Å². The molecule has 1 saturated carbocycles. The van der Waals surface area contributed by atoms with Crippen LogP contribution in [0.25, 0.3) is 0 Å². The molecule has 0 saturated heterocycles. The average molecular weight is 326 g/mol. The molecule has 0 atom stereocenters. The zero-order valence-electron chi connectivity index (χ0n) is 13.4. The smallest absolute Gasteiger partial charge is 0.235 e. The van der Waals surface area contributed by atoms with Crippen LogP contribution in [0.4, 0.5) is 15.8 Å². The molecule has 0 aliphatic heterocycles. The molecule has 124 valence electrons. The van der Waals surface area contributed by atoms with Gasteiger partial charge in [0.1, 0.15) is 5.82 Å². The lowest BCUT2D eigenvalue weighted by Gasteiger charge is -2.40. The van der Waals surface area contributed by atoms with Crippen LogP contribution in [-0.2, 0) is 15.0 Å². The van der Waals surface area contributed by atoms with E-state index in [2.05, 4.69) is 10.6 Å². The second kappa shape index (κ2) is 6.43. The molecule has 1 fully saturated rings. The van der Waals surface area contributed by atoms with Crippen molar-refractivity contribution in [3.8, 4) is 0 Å². The van der Waals surface area contributed by atoms with Crippen molar-refractivity contribution in [2.24, 2.45) is 0 Å². The molecule has 2 aromatic carbocycles. The van der Waals surface area contributed by atoms with E-state index in [0.29, 0.717) is 11.4 Å². The number of hydrogen-bond donors (Lipinski definition) is 2. The van der Waals surface area contributed by atoms with Crippen LogP contribution < -0.4 is 10.6 Å². The Morgan fingerprint density at radius 2 is 1.62 bits per heavy atom. The summed E-state index contributed by atoms with van der Waals surface area (Å²) in [5, 5.41) is 5.62. The first kappa shape index (κ1) is 16.2. The third-order valence-corrected chi connectivity index (χ3v) is 4.48. The molecular weight excluding hydrogens is 307 g/mol. The van der Waals surface area contributed by atoms with Gasteiger partial charge < -0.3 is 10.6 Å². The molecule has 4 nitrogen and oxygen atoms in total. The van der Waals surface area contributed by atoms with Gasteiger partial charge in [0.2, 0.25) is 11.8 Å². The van der Waals surface area contributed by atoms with Crippen LogP contribution in [0.15, 0.2) is 48.5 Å². The van der Waals surface area contributed by atoms with Gasteiger partial charge in [-0.3, -0.25) is 9.59 Å². The van der Waals surface area contributed by atoms with Crippen LogP contribution in [0.1, 0.15) is 31.7 Å². The SMILES string of the molecule is CC(=O)Nc1cccc(NC(=O)C2(c3ccc(F)cc3)CCC2)c1. The molecular formula is C19H19FN2O2. The van der Waals surface area contributed by atoms with E-state index in [0.717, 1.165) is 24.8 Å². The Morgan fingerprint density at radius 3 is 2.17 bits per heavy atom. The molecule has 1 aliphatic carbocycles. The molecule has 1 aliphatic rings. The quantitative estimate of drug-likeness (QED) is 0.897. The number of benzene rings is 2. The summed E-state index contributed by atoms with van der Waals surface area (Å²) < 4.78 is 13.2. The molecule has 2 aromatic rings. The van der Waals surface area contributed by atoms with Gasteiger partial charge in [-0.05, 0) is 48.7 Å². The molecule has 3 rings (SSSR count). The maximum absolute atomic E-state index is 13.2. The Balaban J connectivity index is 1.80. The van der Waals surface area contributed by atoms with E-state index < -0.39 is 5.41 Å². The van der Waals surface area contributed by atoms with Gasteiger partial charge in [-0.15, -0.1) is 0 Å². The van der Waals surface area contributed by atoms with Gasteiger partial charge in [0.15, 0.2) is 0 Å². The minimum atomic E-state index is -0.599. The summed E-state index contributed by atoms with van der Waals surface area (Å²) in [6, 6.07) is 13.2. The fourth-order valence-electron chi connectivity index (χ4n) is 3.07. The molecule has 0 unspecified atom stereocenters. The fraction of sp³-hybridized carbons (Fsp3) is 0.263. The Kier molecular flexibility index (Phi) is 4.34.